The summed E-state index contributed by atoms with van der Waals surface area (Å²) in [7, 11) is 0. The lowest BCUT2D eigenvalue weighted by Gasteiger charge is -2.09. The van der Waals surface area contributed by atoms with Gasteiger partial charge < -0.3 is 0 Å². The average molecular weight is 268 g/mol. The fourth-order valence-corrected chi connectivity index (χ4v) is 2.04. The molecule has 0 aliphatic rings. The van der Waals surface area contributed by atoms with Gasteiger partial charge in [-0.15, -0.1) is 0 Å². The molecular weight excluding hydrogens is 259 g/mol. The minimum atomic E-state index is 0.265. The van der Waals surface area contributed by atoms with Crippen LogP contribution in [-0.4, -0.2) is 0 Å². The van der Waals surface area contributed by atoms with Crippen LogP contribution in [0.2, 0.25) is 10.0 Å². The van der Waals surface area contributed by atoms with Crippen molar-refractivity contribution in [2.24, 2.45) is 0 Å². The molecule has 1 atom stereocenters. The van der Waals surface area contributed by atoms with Gasteiger partial charge in [0.15, 0.2) is 0 Å². The summed E-state index contributed by atoms with van der Waals surface area (Å²) in [6.45, 7) is 3.96. The molecule has 0 aliphatic carbocycles. The number of hydrogen-bond donors (Lipinski definition) is 0. The largest absolute Gasteiger partial charge is 0.0841 e. The van der Waals surface area contributed by atoms with Crippen LogP contribution >= 0.6 is 39.1 Å². The Kier molecular flexibility index (Phi) is 3.45. The third-order valence-electron chi connectivity index (χ3n) is 1.78. The van der Waals surface area contributed by atoms with E-state index in [2.05, 4.69) is 15.9 Å². The number of benzene rings is 1. The lowest BCUT2D eigenvalue weighted by Crippen LogP contribution is -1.88. The van der Waals surface area contributed by atoms with E-state index >= 15 is 0 Å². The Morgan fingerprint density at radius 3 is 2.42 bits per heavy atom. The Morgan fingerprint density at radius 2 is 1.92 bits per heavy atom. The molecular formula is C9H9BrCl2. The Hall–Kier alpha value is 0.280. The maximum Gasteiger partial charge on any atom is 0.0493 e. The van der Waals surface area contributed by atoms with Crippen molar-refractivity contribution in [3.8, 4) is 0 Å². The predicted octanol–water partition coefficient (Wildman–Crippen LogP) is 4.76. The third-order valence-corrected chi connectivity index (χ3v) is 3.18. The highest BCUT2D eigenvalue weighted by Crippen LogP contribution is 2.34. The van der Waals surface area contributed by atoms with E-state index in [9.17, 15) is 0 Å². The Balaban J connectivity index is 3.27. The summed E-state index contributed by atoms with van der Waals surface area (Å²) in [6, 6.07) is 3.81. The van der Waals surface area contributed by atoms with Crippen LogP contribution in [0.4, 0.5) is 0 Å². The normalized spacial score (nSPS) is 13.1. The van der Waals surface area contributed by atoms with Gasteiger partial charge in [-0.2, -0.15) is 0 Å². The van der Waals surface area contributed by atoms with E-state index in [1.807, 2.05) is 26.0 Å². The predicted molar refractivity (Wildman–Crippen MR) is 58.5 cm³/mol. The van der Waals surface area contributed by atoms with Gasteiger partial charge in [0.05, 0.1) is 0 Å². The van der Waals surface area contributed by atoms with Crippen molar-refractivity contribution in [3.05, 3.63) is 33.3 Å². The SMILES string of the molecule is Cc1c(Cl)ccc(C(C)Br)c1Cl. The van der Waals surface area contributed by atoms with Crippen molar-refractivity contribution in [1.82, 2.24) is 0 Å². The van der Waals surface area contributed by atoms with Crippen molar-refractivity contribution < 1.29 is 0 Å². The molecule has 0 N–H and O–H groups in total. The second-order valence-electron chi connectivity index (χ2n) is 2.69. The number of rotatable bonds is 1. The molecule has 66 valence electrons. The van der Waals surface area contributed by atoms with Gasteiger partial charge in [-0.1, -0.05) is 45.2 Å². The van der Waals surface area contributed by atoms with Gasteiger partial charge in [-0.3, -0.25) is 0 Å². The topological polar surface area (TPSA) is 0 Å². The van der Waals surface area contributed by atoms with Gasteiger partial charge in [0.1, 0.15) is 0 Å². The lowest BCUT2D eigenvalue weighted by molar-refractivity contribution is 1.12. The van der Waals surface area contributed by atoms with E-state index in [0.717, 1.165) is 21.2 Å². The Labute approximate surface area is 91.0 Å². The van der Waals surface area contributed by atoms with E-state index in [1.165, 1.54) is 0 Å². The molecule has 0 saturated carbocycles. The summed E-state index contributed by atoms with van der Waals surface area (Å²) >= 11 is 15.4. The van der Waals surface area contributed by atoms with Gasteiger partial charge in [0.2, 0.25) is 0 Å². The highest BCUT2D eigenvalue weighted by molar-refractivity contribution is 9.09. The van der Waals surface area contributed by atoms with E-state index in [1.54, 1.807) is 0 Å². The van der Waals surface area contributed by atoms with Crippen molar-refractivity contribution >= 4 is 39.1 Å². The molecule has 3 heteroatoms. The molecule has 0 spiro atoms. The molecule has 0 nitrogen and oxygen atoms in total. The van der Waals surface area contributed by atoms with E-state index in [4.69, 9.17) is 23.2 Å². The first-order valence-electron chi connectivity index (χ1n) is 3.62. The van der Waals surface area contributed by atoms with Gasteiger partial charge in [-0.05, 0) is 31.0 Å². The van der Waals surface area contributed by atoms with Crippen molar-refractivity contribution in [1.29, 1.82) is 0 Å². The van der Waals surface area contributed by atoms with Crippen LogP contribution in [0.25, 0.3) is 0 Å². The highest BCUT2D eigenvalue weighted by Gasteiger charge is 2.09. The maximum atomic E-state index is 6.08. The molecule has 0 bridgehead atoms. The van der Waals surface area contributed by atoms with E-state index in [0.29, 0.717) is 0 Å². The summed E-state index contributed by atoms with van der Waals surface area (Å²) in [5.41, 5.74) is 2.03. The van der Waals surface area contributed by atoms with Crippen molar-refractivity contribution in [2.75, 3.05) is 0 Å². The summed E-state index contributed by atoms with van der Waals surface area (Å²) in [6.07, 6.45) is 0. The number of alkyl halides is 1. The zero-order valence-electron chi connectivity index (χ0n) is 6.87. The maximum absolute atomic E-state index is 6.08. The van der Waals surface area contributed by atoms with E-state index < -0.39 is 0 Å². The molecule has 1 aromatic carbocycles. The first kappa shape index (κ1) is 10.4. The zero-order valence-corrected chi connectivity index (χ0v) is 9.96. The van der Waals surface area contributed by atoms with Crippen LogP contribution in [0.3, 0.4) is 0 Å². The fourth-order valence-electron chi connectivity index (χ4n) is 0.990. The number of hydrogen-bond acceptors (Lipinski definition) is 0. The first-order chi connectivity index (χ1) is 5.54. The van der Waals surface area contributed by atoms with Gasteiger partial charge in [-0.25, -0.2) is 0 Å². The van der Waals surface area contributed by atoms with Crippen molar-refractivity contribution in [3.63, 3.8) is 0 Å². The van der Waals surface area contributed by atoms with Crippen LogP contribution < -0.4 is 0 Å². The molecule has 0 saturated heterocycles. The highest BCUT2D eigenvalue weighted by atomic mass is 79.9. The van der Waals surface area contributed by atoms with Crippen molar-refractivity contribution in [2.45, 2.75) is 18.7 Å². The van der Waals surface area contributed by atoms with Crippen LogP contribution in [0.5, 0.6) is 0 Å². The Bertz CT molecular complexity index is 295. The molecule has 0 heterocycles. The lowest BCUT2D eigenvalue weighted by atomic mass is 10.1. The summed E-state index contributed by atoms with van der Waals surface area (Å²) in [4.78, 5) is 0.265. The standard InChI is InChI=1S/C9H9BrCl2/c1-5-8(11)4-3-7(6(2)10)9(5)12/h3-4,6H,1-2H3. The zero-order chi connectivity index (χ0) is 9.30. The Morgan fingerprint density at radius 1 is 1.33 bits per heavy atom. The molecule has 1 aromatic rings. The summed E-state index contributed by atoms with van der Waals surface area (Å²) in [5, 5.41) is 1.48. The van der Waals surface area contributed by atoms with E-state index in [-0.39, 0.29) is 4.83 Å². The molecule has 0 amide bonds. The second kappa shape index (κ2) is 3.99. The molecule has 12 heavy (non-hydrogen) atoms. The molecule has 0 aromatic heterocycles. The van der Waals surface area contributed by atoms with Crippen LogP contribution in [-0.2, 0) is 0 Å². The van der Waals surface area contributed by atoms with Crippen LogP contribution in [0.1, 0.15) is 22.9 Å². The fraction of sp³-hybridized carbons (Fsp3) is 0.333. The third kappa shape index (κ3) is 1.95. The number of halogens is 3. The van der Waals surface area contributed by atoms with Gasteiger partial charge in [0, 0.05) is 14.9 Å². The molecule has 0 fully saturated rings. The second-order valence-corrected chi connectivity index (χ2v) is 4.85. The minimum Gasteiger partial charge on any atom is -0.0841 e. The summed E-state index contributed by atoms with van der Waals surface area (Å²) in [5.74, 6) is 0. The molecule has 0 radical (unpaired) electrons. The van der Waals surface area contributed by atoms with Crippen LogP contribution in [0.15, 0.2) is 12.1 Å². The summed E-state index contributed by atoms with van der Waals surface area (Å²) < 4.78 is 0. The quantitative estimate of drug-likeness (QED) is 0.644. The van der Waals surface area contributed by atoms with Crippen LogP contribution in [0, 0.1) is 6.92 Å². The average Bonchev–Trinajstić information content (AvgIpc) is 2.00. The monoisotopic (exact) mass is 266 g/mol. The molecule has 0 aliphatic heterocycles. The minimum absolute atomic E-state index is 0.265. The van der Waals surface area contributed by atoms with Gasteiger partial charge in [0.25, 0.3) is 0 Å². The smallest absolute Gasteiger partial charge is 0.0493 e. The van der Waals surface area contributed by atoms with Gasteiger partial charge >= 0.3 is 0 Å². The molecule has 1 unspecified atom stereocenters. The molecule has 1 rings (SSSR count). The first-order valence-corrected chi connectivity index (χ1v) is 5.29.